The van der Waals surface area contributed by atoms with Gasteiger partial charge in [0.25, 0.3) is 0 Å². The van der Waals surface area contributed by atoms with Gasteiger partial charge in [-0.05, 0) is 47.4 Å². The zero-order valence-electron chi connectivity index (χ0n) is 19.7. The highest BCUT2D eigenvalue weighted by molar-refractivity contribution is 5.97. The Balaban J connectivity index is 1.86. The molecule has 0 radical (unpaired) electrons. The van der Waals surface area contributed by atoms with E-state index in [2.05, 4.69) is 10.3 Å². The summed E-state index contributed by atoms with van der Waals surface area (Å²) in [5.41, 5.74) is 3.55. The Morgan fingerprint density at radius 3 is 2.15 bits per heavy atom. The molecule has 1 N–H and O–H groups in total. The lowest BCUT2D eigenvalue weighted by Gasteiger charge is -2.34. The number of carbonyl (C=O) groups excluding carboxylic acids is 2. The van der Waals surface area contributed by atoms with Gasteiger partial charge in [-0.15, -0.1) is 0 Å². The number of anilines is 2. The minimum absolute atomic E-state index is 0.0811. The Kier molecular flexibility index (Phi) is 8.19. The van der Waals surface area contributed by atoms with Crippen LogP contribution in [0.2, 0.25) is 0 Å². The summed E-state index contributed by atoms with van der Waals surface area (Å²) in [5.74, 6) is -0.378. The lowest BCUT2D eigenvalue weighted by Crippen LogP contribution is -2.50. The maximum Gasteiger partial charge on any atom is 0.247 e. The van der Waals surface area contributed by atoms with E-state index < -0.39 is 6.04 Å². The summed E-state index contributed by atoms with van der Waals surface area (Å²) in [6.45, 7) is 4.24. The van der Waals surface area contributed by atoms with Crippen LogP contribution in [0.3, 0.4) is 0 Å². The Hall–Kier alpha value is -3.67. The predicted molar refractivity (Wildman–Crippen MR) is 133 cm³/mol. The molecule has 1 heterocycles. The second-order valence-electron chi connectivity index (χ2n) is 8.66. The van der Waals surface area contributed by atoms with E-state index in [0.717, 1.165) is 16.8 Å². The third kappa shape index (κ3) is 6.65. The van der Waals surface area contributed by atoms with Crippen LogP contribution < -0.4 is 10.2 Å². The van der Waals surface area contributed by atoms with Crippen molar-refractivity contribution >= 4 is 23.2 Å². The van der Waals surface area contributed by atoms with Crippen molar-refractivity contribution in [3.05, 3.63) is 90.3 Å². The average molecular weight is 445 g/mol. The standard InChI is InChI=1S/C27H32N4O2/c1-20(2)26(27(33)29-23-12-14-24(15-13-23)30(3)4)31(19-22-11-8-16-28-18-22)25(32)17-21-9-6-5-7-10-21/h5-16,18,20,26H,17,19H2,1-4H3,(H,29,33). The summed E-state index contributed by atoms with van der Waals surface area (Å²) in [5, 5.41) is 3.01. The van der Waals surface area contributed by atoms with Gasteiger partial charge in [-0.3, -0.25) is 14.6 Å². The van der Waals surface area contributed by atoms with E-state index in [4.69, 9.17) is 0 Å². The fourth-order valence-corrected chi connectivity index (χ4v) is 3.77. The highest BCUT2D eigenvalue weighted by Crippen LogP contribution is 2.21. The maximum absolute atomic E-state index is 13.5. The fraction of sp³-hybridized carbons (Fsp3) is 0.296. The molecule has 0 aliphatic rings. The molecule has 2 aromatic carbocycles. The zero-order valence-corrected chi connectivity index (χ0v) is 19.7. The number of nitrogens with one attached hydrogen (secondary N) is 1. The Morgan fingerprint density at radius 1 is 0.909 bits per heavy atom. The molecule has 0 bridgehead atoms. The van der Waals surface area contributed by atoms with Gasteiger partial charge in [0.1, 0.15) is 6.04 Å². The van der Waals surface area contributed by atoms with E-state index in [0.29, 0.717) is 12.2 Å². The van der Waals surface area contributed by atoms with Crippen LogP contribution in [0, 0.1) is 5.92 Å². The summed E-state index contributed by atoms with van der Waals surface area (Å²) < 4.78 is 0. The van der Waals surface area contributed by atoms with E-state index in [1.807, 2.05) is 99.6 Å². The number of amides is 2. The van der Waals surface area contributed by atoms with Gasteiger partial charge >= 0.3 is 0 Å². The molecule has 0 fully saturated rings. The number of pyridine rings is 1. The van der Waals surface area contributed by atoms with Crippen molar-refractivity contribution in [1.29, 1.82) is 0 Å². The highest BCUT2D eigenvalue weighted by Gasteiger charge is 2.32. The van der Waals surface area contributed by atoms with Crippen LogP contribution in [0.1, 0.15) is 25.0 Å². The van der Waals surface area contributed by atoms with E-state index in [1.165, 1.54) is 0 Å². The highest BCUT2D eigenvalue weighted by atomic mass is 16.2. The number of hydrogen-bond acceptors (Lipinski definition) is 4. The Morgan fingerprint density at radius 2 is 1.58 bits per heavy atom. The number of nitrogens with zero attached hydrogens (tertiary/aromatic N) is 3. The molecule has 6 heteroatoms. The number of benzene rings is 2. The monoisotopic (exact) mass is 444 g/mol. The first-order valence-corrected chi connectivity index (χ1v) is 11.2. The fourth-order valence-electron chi connectivity index (χ4n) is 3.77. The molecule has 1 atom stereocenters. The van der Waals surface area contributed by atoms with Crippen molar-refractivity contribution in [3.63, 3.8) is 0 Å². The van der Waals surface area contributed by atoms with Crippen LogP contribution in [0.4, 0.5) is 11.4 Å². The zero-order chi connectivity index (χ0) is 23.8. The second kappa shape index (κ2) is 11.3. The first kappa shape index (κ1) is 24.0. The van der Waals surface area contributed by atoms with E-state index >= 15 is 0 Å². The van der Waals surface area contributed by atoms with E-state index in [1.54, 1.807) is 17.3 Å². The van der Waals surface area contributed by atoms with Crippen molar-refractivity contribution in [2.45, 2.75) is 32.9 Å². The van der Waals surface area contributed by atoms with Crippen LogP contribution in [0.25, 0.3) is 0 Å². The quantitative estimate of drug-likeness (QED) is 0.532. The number of hydrogen-bond donors (Lipinski definition) is 1. The molecule has 3 aromatic rings. The van der Waals surface area contributed by atoms with Crippen LogP contribution in [-0.4, -0.2) is 41.8 Å². The largest absolute Gasteiger partial charge is 0.378 e. The van der Waals surface area contributed by atoms with Gasteiger partial charge in [0.05, 0.1) is 6.42 Å². The van der Waals surface area contributed by atoms with Crippen molar-refractivity contribution in [2.75, 3.05) is 24.3 Å². The van der Waals surface area contributed by atoms with Gasteiger partial charge in [0, 0.05) is 44.4 Å². The van der Waals surface area contributed by atoms with Gasteiger partial charge in [-0.25, -0.2) is 0 Å². The molecule has 0 saturated carbocycles. The first-order valence-electron chi connectivity index (χ1n) is 11.2. The molecule has 2 amide bonds. The summed E-state index contributed by atoms with van der Waals surface area (Å²) >= 11 is 0. The van der Waals surface area contributed by atoms with Crippen molar-refractivity contribution in [3.8, 4) is 0 Å². The Labute approximate surface area is 196 Å². The van der Waals surface area contributed by atoms with Crippen LogP contribution in [0.5, 0.6) is 0 Å². The maximum atomic E-state index is 13.5. The third-order valence-corrected chi connectivity index (χ3v) is 5.48. The summed E-state index contributed by atoms with van der Waals surface area (Å²) in [6, 6.07) is 20.4. The molecule has 1 aromatic heterocycles. The molecule has 6 nitrogen and oxygen atoms in total. The minimum Gasteiger partial charge on any atom is -0.378 e. The minimum atomic E-state index is -0.630. The molecule has 0 aliphatic carbocycles. The van der Waals surface area contributed by atoms with Gasteiger partial charge in [-0.1, -0.05) is 50.2 Å². The molecule has 0 spiro atoms. The molecular formula is C27H32N4O2. The van der Waals surface area contributed by atoms with Gasteiger partial charge < -0.3 is 15.1 Å². The number of rotatable bonds is 9. The summed E-state index contributed by atoms with van der Waals surface area (Å²) in [7, 11) is 3.94. The number of carbonyl (C=O) groups is 2. The SMILES string of the molecule is CC(C)C(C(=O)Nc1ccc(N(C)C)cc1)N(Cc1cccnc1)C(=O)Cc1ccccc1. The molecular weight excluding hydrogens is 412 g/mol. The van der Waals surface area contributed by atoms with Crippen LogP contribution >= 0.6 is 0 Å². The van der Waals surface area contributed by atoms with E-state index in [9.17, 15) is 9.59 Å². The van der Waals surface area contributed by atoms with Gasteiger partial charge in [0.15, 0.2) is 0 Å². The number of aromatic nitrogens is 1. The third-order valence-electron chi connectivity index (χ3n) is 5.48. The van der Waals surface area contributed by atoms with Gasteiger partial charge in [-0.2, -0.15) is 0 Å². The molecule has 0 aliphatic heterocycles. The molecule has 3 rings (SSSR count). The molecule has 1 unspecified atom stereocenters. The predicted octanol–water partition coefficient (Wildman–Crippen LogP) is 4.38. The van der Waals surface area contributed by atoms with Crippen molar-refractivity contribution in [2.24, 2.45) is 5.92 Å². The smallest absolute Gasteiger partial charge is 0.247 e. The molecule has 0 saturated heterocycles. The second-order valence-corrected chi connectivity index (χ2v) is 8.66. The van der Waals surface area contributed by atoms with E-state index in [-0.39, 0.29) is 24.2 Å². The van der Waals surface area contributed by atoms with Crippen molar-refractivity contribution < 1.29 is 9.59 Å². The van der Waals surface area contributed by atoms with Crippen LogP contribution in [0.15, 0.2) is 79.1 Å². The average Bonchev–Trinajstić information content (AvgIpc) is 2.80. The van der Waals surface area contributed by atoms with Crippen LogP contribution in [-0.2, 0) is 22.6 Å². The van der Waals surface area contributed by atoms with Gasteiger partial charge in [0.2, 0.25) is 11.8 Å². The van der Waals surface area contributed by atoms with Crippen molar-refractivity contribution in [1.82, 2.24) is 9.88 Å². The molecule has 172 valence electrons. The Bertz CT molecular complexity index is 1030. The first-order chi connectivity index (χ1) is 15.8. The normalized spacial score (nSPS) is 11.7. The lowest BCUT2D eigenvalue weighted by molar-refractivity contribution is -0.140. The summed E-state index contributed by atoms with van der Waals surface area (Å²) in [6.07, 6.45) is 3.66. The summed E-state index contributed by atoms with van der Waals surface area (Å²) in [4.78, 5) is 34.7. The lowest BCUT2D eigenvalue weighted by atomic mass is 9.99. The molecule has 33 heavy (non-hydrogen) atoms. The topological polar surface area (TPSA) is 65.5 Å².